The summed E-state index contributed by atoms with van der Waals surface area (Å²) in [6.45, 7) is 1.40. The van der Waals surface area contributed by atoms with Crippen molar-refractivity contribution >= 4 is 28.2 Å². The number of fused-ring (bicyclic) bond motifs is 1. The summed E-state index contributed by atoms with van der Waals surface area (Å²) in [7, 11) is 3.14. The van der Waals surface area contributed by atoms with Gasteiger partial charge in [0.25, 0.3) is 0 Å². The number of pyridine rings is 1. The summed E-state index contributed by atoms with van der Waals surface area (Å²) in [6.07, 6.45) is 3.05. The molecular weight excluding hydrogens is 392 g/mol. The molecule has 0 aliphatic carbocycles. The molecule has 0 saturated carbocycles. The number of nitriles is 1. The fourth-order valence-electron chi connectivity index (χ4n) is 4.07. The van der Waals surface area contributed by atoms with E-state index in [2.05, 4.69) is 21.3 Å². The fourth-order valence-corrected chi connectivity index (χ4v) is 4.07. The predicted octanol–water partition coefficient (Wildman–Crippen LogP) is 3.98. The average Bonchev–Trinajstić information content (AvgIpc) is 2.83. The van der Waals surface area contributed by atoms with Crippen molar-refractivity contribution in [1.29, 1.82) is 5.26 Å². The first-order valence-electron chi connectivity index (χ1n) is 10.2. The monoisotopic (exact) mass is 416 g/mol. The van der Waals surface area contributed by atoms with Crippen LogP contribution in [0.2, 0.25) is 0 Å². The van der Waals surface area contributed by atoms with Gasteiger partial charge < -0.3 is 19.7 Å². The second kappa shape index (κ2) is 8.92. The number of aromatic nitrogens is 1. The molecule has 1 saturated heterocycles. The molecule has 31 heavy (non-hydrogen) atoms. The Morgan fingerprint density at radius 1 is 1.13 bits per heavy atom. The number of carbonyl (C=O) groups is 1. The number of piperidine rings is 1. The van der Waals surface area contributed by atoms with Crippen LogP contribution in [-0.4, -0.2) is 38.2 Å². The Morgan fingerprint density at radius 3 is 2.58 bits per heavy atom. The summed E-state index contributed by atoms with van der Waals surface area (Å²) in [5.41, 5.74) is 3.01. The third kappa shape index (κ3) is 4.10. The Bertz CT molecular complexity index is 1150. The Hall–Kier alpha value is -3.79. The van der Waals surface area contributed by atoms with Crippen molar-refractivity contribution in [2.45, 2.75) is 12.8 Å². The highest BCUT2D eigenvalue weighted by molar-refractivity contribution is 5.95. The van der Waals surface area contributed by atoms with Gasteiger partial charge in [-0.25, -0.2) is 0 Å². The van der Waals surface area contributed by atoms with Crippen LogP contribution in [0.25, 0.3) is 10.9 Å². The van der Waals surface area contributed by atoms with Crippen molar-refractivity contribution in [1.82, 2.24) is 4.98 Å². The molecule has 1 aromatic heterocycles. The number of hydrogen-bond acceptors (Lipinski definition) is 6. The van der Waals surface area contributed by atoms with E-state index in [1.165, 1.54) is 0 Å². The number of para-hydroxylation sites is 1. The average molecular weight is 416 g/mol. The first-order valence-corrected chi connectivity index (χ1v) is 10.2. The summed E-state index contributed by atoms with van der Waals surface area (Å²) in [5, 5.41) is 13.5. The van der Waals surface area contributed by atoms with Crippen LogP contribution in [0.1, 0.15) is 18.4 Å². The van der Waals surface area contributed by atoms with Crippen LogP contribution in [0, 0.1) is 17.2 Å². The predicted molar refractivity (Wildman–Crippen MR) is 120 cm³/mol. The summed E-state index contributed by atoms with van der Waals surface area (Å²) < 4.78 is 10.6. The van der Waals surface area contributed by atoms with Gasteiger partial charge in [0, 0.05) is 42.3 Å². The number of nitrogens with zero attached hydrogens (tertiary/aromatic N) is 3. The van der Waals surface area contributed by atoms with Gasteiger partial charge in [-0.3, -0.25) is 9.78 Å². The zero-order valence-electron chi connectivity index (χ0n) is 17.6. The van der Waals surface area contributed by atoms with Gasteiger partial charge >= 0.3 is 0 Å². The molecule has 0 unspecified atom stereocenters. The number of methoxy groups -OCH3 is 2. The van der Waals surface area contributed by atoms with Gasteiger partial charge in [-0.2, -0.15) is 5.26 Å². The molecule has 2 heterocycles. The van der Waals surface area contributed by atoms with E-state index in [0.29, 0.717) is 48.7 Å². The van der Waals surface area contributed by atoms with Crippen molar-refractivity contribution in [3.8, 4) is 17.6 Å². The molecule has 1 aliphatic heterocycles. The molecule has 0 spiro atoms. The van der Waals surface area contributed by atoms with Gasteiger partial charge in [-0.1, -0.05) is 18.2 Å². The van der Waals surface area contributed by atoms with Gasteiger partial charge in [-0.15, -0.1) is 0 Å². The number of amides is 1. The zero-order valence-corrected chi connectivity index (χ0v) is 17.6. The lowest BCUT2D eigenvalue weighted by Gasteiger charge is -2.34. The summed E-state index contributed by atoms with van der Waals surface area (Å²) in [6, 6.07) is 15.4. The van der Waals surface area contributed by atoms with Crippen LogP contribution >= 0.6 is 0 Å². The molecule has 7 heteroatoms. The molecule has 4 rings (SSSR count). The Kier molecular flexibility index (Phi) is 5.89. The molecule has 0 radical (unpaired) electrons. The van der Waals surface area contributed by atoms with E-state index < -0.39 is 0 Å². The minimum atomic E-state index is -0.0945. The van der Waals surface area contributed by atoms with E-state index in [0.717, 1.165) is 16.6 Å². The van der Waals surface area contributed by atoms with Crippen LogP contribution in [-0.2, 0) is 4.79 Å². The van der Waals surface area contributed by atoms with Crippen LogP contribution in [0.3, 0.4) is 0 Å². The van der Waals surface area contributed by atoms with Gasteiger partial charge in [-0.05, 0) is 31.0 Å². The van der Waals surface area contributed by atoms with E-state index in [-0.39, 0.29) is 11.8 Å². The lowest BCUT2D eigenvalue weighted by Crippen LogP contribution is -2.38. The highest BCUT2D eigenvalue weighted by Crippen LogP contribution is 2.33. The van der Waals surface area contributed by atoms with E-state index in [1.54, 1.807) is 38.6 Å². The second-order valence-corrected chi connectivity index (χ2v) is 7.47. The quantitative estimate of drug-likeness (QED) is 0.677. The maximum absolute atomic E-state index is 12.8. The van der Waals surface area contributed by atoms with Gasteiger partial charge in [0.1, 0.15) is 6.07 Å². The van der Waals surface area contributed by atoms with E-state index >= 15 is 0 Å². The maximum atomic E-state index is 12.8. The Balaban J connectivity index is 1.47. The smallest absolute Gasteiger partial charge is 0.227 e. The first-order chi connectivity index (χ1) is 15.1. The van der Waals surface area contributed by atoms with Crippen LogP contribution < -0.4 is 19.7 Å². The van der Waals surface area contributed by atoms with Crippen molar-refractivity contribution < 1.29 is 14.3 Å². The second-order valence-electron chi connectivity index (χ2n) is 7.47. The Morgan fingerprint density at radius 2 is 1.87 bits per heavy atom. The number of anilines is 2. The van der Waals surface area contributed by atoms with E-state index in [4.69, 9.17) is 9.47 Å². The number of benzene rings is 2. The molecule has 1 fully saturated rings. The molecule has 3 aromatic rings. The van der Waals surface area contributed by atoms with E-state index in [1.807, 2.05) is 24.3 Å². The largest absolute Gasteiger partial charge is 0.493 e. The molecule has 0 atom stereocenters. The Labute approximate surface area is 181 Å². The number of carbonyl (C=O) groups excluding carboxylic acids is 1. The molecule has 7 nitrogen and oxygen atoms in total. The summed E-state index contributed by atoms with van der Waals surface area (Å²) >= 11 is 0. The fraction of sp³-hybridized carbons (Fsp3) is 0.292. The van der Waals surface area contributed by atoms with Crippen LogP contribution in [0.4, 0.5) is 11.4 Å². The van der Waals surface area contributed by atoms with Gasteiger partial charge in [0.15, 0.2) is 11.5 Å². The normalized spacial score (nSPS) is 14.2. The molecule has 1 amide bonds. The van der Waals surface area contributed by atoms with Gasteiger partial charge in [0.05, 0.1) is 31.0 Å². The lowest BCUT2D eigenvalue weighted by atomic mass is 9.94. The van der Waals surface area contributed by atoms with Crippen LogP contribution in [0.5, 0.6) is 11.5 Å². The molecule has 1 aliphatic rings. The molecule has 1 N–H and O–H groups in total. The molecule has 158 valence electrons. The molecule has 2 aromatic carbocycles. The number of hydrogen-bond donors (Lipinski definition) is 1. The lowest BCUT2D eigenvalue weighted by molar-refractivity contribution is -0.120. The SMILES string of the molecule is COc1ccc(NC(=O)C2CCN(c3c(C#N)cnc4ccccc34)CC2)cc1OC. The zero-order chi connectivity index (χ0) is 21.8. The summed E-state index contributed by atoms with van der Waals surface area (Å²) in [4.78, 5) is 19.4. The molecular formula is C24H24N4O3. The number of ether oxygens (including phenoxy) is 2. The minimum Gasteiger partial charge on any atom is -0.493 e. The highest BCUT2D eigenvalue weighted by atomic mass is 16.5. The van der Waals surface area contributed by atoms with Crippen molar-refractivity contribution in [2.75, 3.05) is 37.5 Å². The van der Waals surface area contributed by atoms with Crippen LogP contribution in [0.15, 0.2) is 48.7 Å². The third-order valence-electron chi connectivity index (χ3n) is 5.70. The van der Waals surface area contributed by atoms with Crippen molar-refractivity contribution in [2.24, 2.45) is 5.92 Å². The highest BCUT2D eigenvalue weighted by Gasteiger charge is 2.27. The minimum absolute atomic E-state index is 0.00744. The topological polar surface area (TPSA) is 87.5 Å². The maximum Gasteiger partial charge on any atom is 0.227 e. The summed E-state index contributed by atoms with van der Waals surface area (Å²) in [5.74, 6) is 1.09. The van der Waals surface area contributed by atoms with Gasteiger partial charge in [0.2, 0.25) is 5.91 Å². The first kappa shape index (κ1) is 20.5. The number of rotatable bonds is 5. The number of nitrogens with one attached hydrogen (secondary N) is 1. The third-order valence-corrected chi connectivity index (χ3v) is 5.70. The van der Waals surface area contributed by atoms with Crippen molar-refractivity contribution in [3.63, 3.8) is 0 Å². The van der Waals surface area contributed by atoms with E-state index in [9.17, 15) is 10.1 Å². The van der Waals surface area contributed by atoms with Crippen molar-refractivity contribution in [3.05, 3.63) is 54.2 Å². The molecule has 0 bridgehead atoms. The standard InChI is InChI=1S/C24H24N4O3/c1-30-21-8-7-18(13-22(21)31-2)27-24(29)16-9-11-28(12-10-16)23-17(14-25)15-26-20-6-4-3-5-19(20)23/h3-8,13,15-16H,9-12H2,1-2H3,(H,27,29).